The molecule has 0 aliphatic rings. The van der Waals surface area contributed by atoms with E-state index in [1.165, 1.54) is 0 Å². The lowest BCUT2D eigenvalue weighted by Gasteiger charge is -2.05. The van der Waals surface area contributed by atoms with Gasteiger partial charge in [-0.1, -0.05) is 77.4 Å². The monoisotopic (exact) mass is 362 g/mol. The first-order valence-electron chi connectivity index (χ1n) is 8.14. The summed E-state index contributed by atoms with van der Waals surface area (Å²) < 4.78 is 5.39. The molecule has 0 atom stereocenters. The zero-order chi connectivity index (χ0) is 17.9. The van der Waals surface area contributed by atoms with Gasteiger partial charge in [0.1, 0.15) is 0 Å². The van der Waals surface area contributed by atoms with E-state index in [-0.39, 0.29) is 6.61 Å². The van der Waals surface area contributed by atoms with Crippen molar-refractivity contribution in [1.29, 1.82) is 0 Å². The molecule has 4 rings (SSSR count). The molecule has 4 aromatic rings. The van der Waals surface area contributed by atoms with E-state index in [1.54, 1.807) is 0 Å². The lowest BCUT2D eigenvalue weighted by atomic mass is 10.0. The first kappa shape index (κ1) is 16.5. The molecule has 4 nitrogen and oxygen atoms in total. The number of aliphatic hydroxyl groups excluding tert-OH is 1. The van der Waals surface area contributed by atoms with E-state index in [2.05, 4.69) is 10.1 Å². The molecule has 5 heteroatoms. The summed E-state index contributed by atoms with van der Waals surface area (Å²) in [4.78, 5) is 4.45. The maximum atomic E-state index is 9.12. The Balaban J connectivity index is 1.64. The van der Waals surface area contributed by atoms with Gasteiger partial charge in [0.15, 0.2) is 0 Å². The molecular weight excluding hydrogens is 348 g/mol. The molecule has 0 spiro atoms. The fraction of sp³-hybridized carbons (Fsp3) is 0.0476. The number of benzene rings is 3. The van der Waals surface area contributed by atoms with E-state index in [1.807, 2.05) is 72.8 Å². The number of hydrogen-bond donors (Lipinski definition) is 1. The van der Waals surface area contributed by atoms with Gasteiger partial charge in [-0.2, -0.15) is 4.98 Å². The number of aliphatic hydroxyl groups is 1. The molecular formula is C21H15ClN2O2. The second-order valence-corrected chi connectivity index (χ2v) is 6.25. The first-order chi connectivity index (χ1) is 12.7. The number of nitrogens with zero attached hydrogens (tertiary/aromatic N) is 2. The van der Waals surface area contributed by atoms with Crippen LogP contribution in [0.15, 0.2) is 77.3 Å². The highest BCUT2D eigenvalue weighted by atomic mass is 35.5. The summed E-state index contributed by atoms with van der Waals surface area (Å²) in [7, 11) is 0. The van der Waals surface area contributed by atoms with Crippen LogP contribution in [-0.2, 0) is 6.61 Å². The lowest BCUT2D eigenvalue weighted by Crippen LogP contribution is -1.85. The molecule has 0 radical (unpaired) electrons. The molecule has 26 heavy (non-hydrogen) atoms. The Morgan fingerprint density at radius 2 is 1.58 bits per heavy atom. The molecule has 128 valence electrons. The molecule has 1 aromatic heterocycles. The maximum absolute atomic E-state index is 9.12. The number of rotatable bonds is 4. The summed E-state index contributed by atoms with van der Waals surface area (Å²) in [6.07, 6.45) is 0. The van der Waals surface area contributed by atoms with Crippen LogP contribution in [0.5, 0.6) is 0 Å². The Bertz CT molecular complexity index is 1030. The van der Waals surface area contributed by atoms with Gasteiger partial charge in [-0.05, 0) is 23.3 Å². The fourth-order valence-corrected chi connectivity index (χ4v) is 3.01. The zero-order valence-electron chi connectivity index (χ0n) is 13.8. The summed E-state index contributed by atoms with van der Waals surface area (Å²) in [5, 5.41) is 13.8. The molecule has 0 saturated heterocycles. The van der Waals surface area contributed by atoms with Crippen molar-refractivity contribution in [2.75, 3.05) is 0 Å². The van der Waals surface area contributed by atoms with Gasteiger partial charge >= 0.3 is 0 Å². The average Bonchev–Trinajstić information content (AvgIpc) is 3.19. The molecule has 0 saturated carbocycles. The molecule has 0 fully saturated rings. The van der Waals surface area contributed by atoms with Crippen LogP contribution in [0.4, 0.5) is 0 Å². The first-order valence-corrected chi connectivity index (χ1v) is 8.51. The van der Waals surface area contributed by atoms with Crippen LogP contribution in [0.1, 0.15) is 5.56 Å². The molecule has 3 aromatic carbocycles. The Hall–Kier alpha value is -2.95. The highest BCUT2D eigenvalue weighted by Gasteiger charge is 2.13. The van der Waals surface area contributed by atoms with E-state index in [9.17, 15) is 0 Å². The van der Waals surface area contributed by atoms with Crippen molar-refractivity contribution in [3.8, 4) is 34.0 Å². The third-order valence-electron chi connectivity index (χ3n) is 4.12. The van der Waals surface area contributed by atoms with Gasteiger partial charge in [-0.3, -0.25) is 0 Å². The van der Waals surface area contributed by atoms with Crippen molar-refractivity contribution >= 4 is 11.6 Å². The molecule has 0 unspecified atom stereocenters. The average molecular weight is 363 g/mol. The van der Waals surface area contributed by atoms with Crippen molar-refractivity contribution in [2.24, 2.45) is 0 Å². The van der Waals surface area contributed by atoms with Gasteiger partial charge in [-0.25, -0.2) is 0 Å². The quantitative estimate of drug-likeness (QED) is 0.541. The minimum absolute atomic E-state index is 0.00400. The summed E-state index contributed by atoms with van der Waals surface area (Å²) in [5.41, 5.74) is 4.43. The van der Waals surface area contributed by atoms with Crippen LogP contribution in [-0.4, -0.2) is 15.2 Å². The Morgan fingerprint density at radius 3 is 2.27 bits per heavy atom. The van der Waals surface area contributed by atoms with E-state index in [0.717, 1.165) is 27.8 Å². The summed E-state index contributed by atoms with van der Waals surface area (Å²) in [6, 6.07) is 23.0. The van der Waals surface area contributed by atoms with Gasteiger partial charge in [0.05, 0.1) is 6.61 Å². The van der Waals surface area contributed by atoms with Crippen molar-refractivity contribution < 1.29 is 9.63 Å². The third kappa shape index (κ3) is 3.25. The molecule has 0 aliphatic carbocycles. The zero-order valence-corrected chi connectivity index (χ0v) is 14.5. The van der Waals surface area contributed by atoms with Crippen LogP contribution >= 0.6 is 11.6 Å². The Labute approximate surface area is 155 Å². The highest BCUT2D eigenvalue weighted by Crippen LogP contribution is 2.32. The second-order valence-electron chi connectivity index (χ2n) is 5.84. The SMILES string of the molecule is OCc1ccc(-c2noc(-c3ccc(-c4ccccc4)c(Cl)c3)n2)cc1. The largest absolute Gasteiger partial charge is 0.392 e. The van der Waals surface area contributed by atoms with Crippen LogP contribution in [0, 0.1) is 0 Å². The predicted octanol–water partition coefficient (Wildman–Crippen LogP) is 5.22. The summed E-state index contributed by atoms with van der Waals surface area (Å²) in [6.45, 7) is 0.00400. The second kappa shape index (κ2) is 7.12. The van der Waals surface area contributed by atoms with Gasteiger partial charge in [0.25, 0.3) is 5.89 Å². The van der Waals surface area contributed by atoms with Crippen LogP contribution in [0.3, 0.4) is 0 Å². The molecule has 1 heterocycles. The van der Waals surface area contributed by atoms with Crippen molar-refractivity contribution in [3.05, 3.63) is 83.4 Å². The minimum Gasteiger partial charge on any atom is -0.392 e. The highest BCUT2D eigenvalue weighted by molar-refractivity contribution is 6.33. The number of halogens is 1. The summed E-state index contributed by atoms with van der Waals surface area (Å²) in [5.74, 6) is 0.903. The van der Waals surface area contributed by atoms with Crippen molar-refractivity contribution in [3.63, 3.8) is 0 Å². The molecule has 0 aliphatic heterocycles. The van der Waals surface area contributed by atoms with Crippen LogP contribution in [0.2, 0.25) is 5.02 Å². The number of hydrogen-bond acceptors (Lipinski definition) is 4. The smallest absolute Gasteiger partial charge is 0.258 e. The summed E-state index contributed by atoms with van der Waals surface area (Å²) >= 11 is 6.46. The predicted molar refractivity (Wildman–Crippen MR) is 102 cm³/mol. The normalized spacial score (nSPS) is 10.8. The fourth-order valence-electron chi connectivity index (χ4n) is 2.72. The minimum atomic E-state index is 0.00400. The van der Waals surface area contributed by atoms with Crippen LogP contribution < -0.4 is 0 Å². The van der Waals surface area contributed by atoms with Gasteiger partial charge in [0.2, 0.25) is 5.82 Å². The topological polar surface area (TPSA) is 59.2 Å². The third-order valence-corrected chi connectivity index (χ3v) is 4.43. The van der Waals surface area contributed by atoms with E-state index >= 15 is 0 Å². The molecule has 1 N–H and O–H groups in total. The number of aromatic nitrogens is 2. The van der Waals surface area contributed by atoms with Crippen molar-refractivity contribution in [2.45, 2.75) is 6.61 Å². The maximum Gasteiger partial charge on any atom is 0.258 e. The van der Waals surface area contributed by atoms with E-state index in [4.69, 9.17) is 21.2 Å². The van der Waals surface area contributed by atoms with Gasteiger partial charge in [0, 0.05) is 21.7 Å². The van der Waals surface area contributed by atoms with Gasteiger partial charge in [-0.15, -0.1) is 0 Å². The van der Waals surface area contributed by atoms with E-state index in [0.29, 0.717) is 16.7 Å². The Kier molecular flexibility index (Phi) is 4.52. The molecule has 0 bridgehead atoms. The molecule has 0 amide bonds. The van der Waals surface area contributed by atoms with Crippen LogP contribution in [0.25, 0.3) is 34.0 Å². The Morgan fingerprint density at radius 1 is 0.846 bits per heavy atom. The standard InChI is InChI=1S/C21H15ClN2O2/c22-19-12-17(10-11-18(19)15-4-2-1-3-5-15)21-23-20(24-26-21)16-8-6-14(13-25)7-9-16/h1-12,25H,13H2. The van der Waals surface area contributed by atoms with Gasteiger partial charge < -0.3 is 9.63 Å². The lowest BCUT2D eigenvalue weighted by molar-refractivity contribution is 0.282. The van der Waals surface area contributed by atoms with Crippen molar-refractivity contribution in [1.82, 2.24) is 10.1 Å². The van der Waals surface area contributed by atoms with E-state index < -0.39 is 0 Å².